The lowest BCUT2D eigenvalue weighted by Gasteiger charge is -2.21. The van der Waals surface area contributed by atoms with Gasteiger partial charge in [-0.1, -0.05) is 12.1 Å². The van der Waals surface area contributed by atoms with Gasteiger partial charge in [-0.2, -0.15) is 4.31 Å². The number of aliphatic hydroxyl groups excluding tert-OH is 2. The maximum absolute atomic E-state index is 12.9. The topological polar surface area (TPSA) is 98.2 Å². The number of sulfonamides is 1. The van der Waals surface area contributed by atoms with E-state index in [1.54, 1.807) is 31.3 Å². The molecule has 0 aliphatic carbocycles. The molecule has 0 unspecified atom stereocenters. The Morgan fingerprint density at radius 3 is 2.38 bits per heavy atom. The number of amides is 1. The SMILES string of the molecule is CN1C(=O)c2cccc3c(S(=O)(=O)N(CCO)CCO)ccc1c23. The van der Waals surface area contributed by atoms with Crippen LogP contribution in [0.2, 0.25) is 0 Å². The molecule has 2 aromatic carbocycles. The van der Waals surface area contributed by atoms with Crippen molar-refractivity contribution < 1.29 is 23.4 Å². The zero-order valence-corrected chi connectivity index (χ0v) is 14.0. The molecule has 0 spiro atoms. The number of hydrogen-bond donors (Lipinski definition) is 2. The Bertz CT molecular complexity index is 904. The molecule has 7 nitrogen and oxygen atoms in total. The maximum atomic E-state index is 12.9. The van der Waals surface area contributed by atoms with E-state index in [4.69, 9.17) is 10.2 Å². The molecule has 8 heteroatoms. The smallest absolute Gasteiger partial charge is 0.258 e. The Balaban J connectivity index is 2.24. The van der Waals surface area contributed by atoms with Crippen LogP contribution in [0.1, 0.15) is 10.4 Å². The molecule has 0 atom stereocenters. The molecule has 0 aromatic heterocycles. The van der Waals surface area contributed by atoms with Crippen LogP contribution in [0.4, 0.5) is 5.69 Å². The zero-order valence-electron chi connectivity index (χ0n) is 13.1. The van der Waals surface area contributed by atoms with Gasteiger partial charge in [0.15, 0.2) is 0 Å². The van der Waals surface area contributed by atoms with Gasteiger partial charge in [0, 0.05) is 36.5 Å². The number of carbonyl (C=O) groups is 1. The van der Waals surface area contributed by atoms with E-state index in [1.165, 1.54) is 11.0 Å². The number of aliphatic hydroxyl groups is 2. The van der Waals surface area contributed by atoms with Gasteiger partial charge in [-0.3, -0.25) is 4.79 Å². The molecule has 1 amide bonds. The van der Waals surface area contributed by atoms with E-state index in [9.17, 15) is 13.2 Å². The van der Waals surface area contributed by atoms with Gasteiger partial charge < -0.3 is 15.1 Å². The van der Waals surface area contributed by atoms with Crippen molar-refractivity contribution in [2.24, 2.45) is 0 Å². The maximum Gasteiger partial charge on any atom is 0.258 e. The lowest BCUT2D eigenvalue weighted by Crippen LogP contribution is -2.36. The molecule has 3 rings (SSSR count). The minimum atomic E-state index is -3.91. The van der Waals surface area contributed by atoms with Gasteiger partial charge in [0.1, 0.15) is 0 Å². The summed E-state index contributed by atoms with van der Waals surface area (Å²) in [6.07, 6.45) is 0. The standard InChI is InChI=1S/C16H18N2O5S/c1-17-13-5-6-14(24(22,23)18(7-9-19)8-10-20)11-3-2-4-12(15(11)13)16(17)21/h2-6,19-20H,7-10H2,1H3. The van der Waals surface area contributed by atoms with E-state index < -0.39 is 10.0 Å². The average molecular weight is 350 g/mol. The van der Waals surface area contributed by atoms with Crippen molar-refractivity contribution in [1.82, 2.24) is 4.31 Å². The van der Waals surface area contributed by atoms with Gasteiger partial charge in [0.25, 0.3) is 5.91 Å². The van der Waals surface area contributed by atoms with Crippen LogP contribution < -0.4 is 4.90 Å². The van der Waals surface area contributed by atoms with Crippen LogP contribution in [-0.4, -0.2) is 62.2 Å². The predicted molar refractivity (Wildman–Crippen MR) is 89.6 cm³/mol. The summed E-state index contributed by atoms with van der Waals surface area (Å²) in [5.74, 6) is -0.173. The quantitative estimate of drug-likeness (QED) is 0.786. The third-order valence-corrected chi connectivity index (χ3v) is 6.15. The van der Waals surface area contributed by atoms with E-state index in [0.29, 0.717) is 22.0 Å². The van der Waals surface area contributed by atoms with E-state index in [-0.39, 0.29) is 37.1 Å². The van der Waals surface area contributed by atoms with E-state index in [2.05, 4.69) is 0 Å². The molecule has 0 radical (unpaired) electrons. The van der Waals surface area contributed by atoms with Crippen molar-refractivity contribution in [1.29, 1.82) is 0 Å². The van der Waals surface area contributed by atoms with Gasteiger partial charge in [0.2, 0.25) is 10.0 Å². The largest absolute Gasteiger partial charge is 0.395 e. The van der Waals surface area contributed by atoms with Gasteiger partial charge in [-0.15, -0.1) is 0 Å². The molecule has 128 valence electrons. The highest BCUT2D eigenvalue weighted by Crippen LogP contribution is 2.39. The van der Waals surface area contributed by atoms with E-state index >= 15 is 0 Å². The van der Waals surface area contributed by atoms with Crippen molar-refractivity contribution in [2.75, 3.05) is 38.3 Å². The predicted octanol–water partition coefficient (Wildman–Crippen LogP) is 0.405. The molecule has 2 aromatic rings. The second-order valence-electron chi connectivity index (χ2n) is 5.53. The second-order valence-corrected chi connectivity index (χ2v) is 7.43. The van der Waals surface area contributed by atoms with Crippen molar-refractivity contribution in [3.05, 3.63) is 35.9 Å². The molecule has 2 N–H and O–H groups in total. The van der Waals surface area contributed by atoms with Gasteiger partial charge >= 0.3 is 0 Å². The summed E-state index contributed by atoms with van der Waals surface area (Å²) in [5.41, 5.74) is 1.14. The summed E-state index contributed by atoms with van der Waals surface area (Å²) in [5, 5.41) is 19.3. The summed E-state index contributed by atoms with van der Waals surface area (Å²) in [4.78, 5) is 13.8. The van der Waals surface area contributed by atoms with E-state index in [1.807, 2.05) is 0 Å². The Kier molecular flexibility index (Phi) is 4.31. The summed E-state index contributed by atoms with van der Waals surface area (Å²) in [7, 11) is -2.26. The first-order chi connectivity index (χ1) is 11.4. The second kappa shape index (κ2) is 6.14. The fourth-order valence-corrected chi connectivity index (χ4v) is 4.66. The summed E-state index contributed by atoms with van der Waals surface area (Å²) in [6, 6.07) is 8.07. The number of nitrogens with zero attached hydrogens (tertiary/aromatic N) is 2. The highest BCUT2D eigenvalue weighted by molar-refractivity contribution is 7.89. The molecule has 1 heterocycles. The average Bonchev–Trinajstić information content (AvgIpc) is 2.82. The van der Waals surface area contributed by atoms with Crippen LogP contribution in [0.5, 0.6) is 0 Å². The highest BCUT2D eigenvalue weighted by Gasteiger charge is 2.32. The van der Waals surface area contributed by atoms with Gasteiger partial charge in [-0.25, -0.2) is 8.42 Å². The van der Waals surface area contributed by atoms with Crippen LogP contribution in [-0.2, 0) is 10.0 Å². The fraction of sp³-hybridized carbons (Fsp3) is 0.312. The molecule has 0 bridgehead atoms. The van der Waals surface area contributed by atoms with Gasteiger partial charge in [-0.05, 0) is 18.2 Å². The van der Waals surface area contributed by atoms with Gasteiger partial charge in [0.05, 0.1) is 23.8 Å². The fourth-order valence-electron chi connectivity index (χ4n) is 3.05. The molecule has 1 aliphatic rings. The third-order valence-electron chi connectivity index (χ3n) is 4.19. The minimum Gasteiger partial charge on any atom is -0.395 e. The van der Waals surface area contributed by atoms with Crippen molar-refractivity contribution in [3.63, 3.8) is 0 Å². The van der Waals surface area contributed by atoms with Crippen LogP contribution in [0.25, 0.3) is 10.8 Å². The van der Waals surface area contributed by atoms with E-state index in [0.717, 1.165) is 4.31 Å². The molecule has 0 fully saturated rings. The molecule has 0 saturated carbocycles. The number of rotatable bonds is 6. The Morgan fingerprint density at radius 1 is 1.08 bits per heavy atom. The highest BCUT2D eigenvalue weighted by atomic mass is 32.2. The third kappa shape index (κ3) is 2.39. The lowest BCUT2D eigenvalue weighted by atomic mass is 10.1. The molecular weight excluding hydrogens is 332 g/mol. The summed E-state index contributed by atoms with van der Waals surface area (Å²) < 4.78 is 26.9. The number of carbonyl (C=O) groups excluding carboxylic acids is 1. The molecule has 1 aliphatic heterocycles. The zero-order chi connectivity index (χ0) is 17.5. The molecule has 24 heavy (non-hydrogen) atoms. The van der Waals surface area contributed by atoms with Crippen molar-refractivity contribution in [3.8, 4) is 0 Å². The van der Waals surface area contributed by atoms with Crippen molar-refractivity contribution >= 4 is 32.4 Å². The number of anilines is 1. The number of hydrogen-bond acceptors (Lipinski definition) is 5. The monoisotopic (exact) mass is 350 g/mol. The van der Waals surface area contributed by atoms with Crippen LogP contribution in [0.3, 0.4) is 0 Å². The van der Waals surface area contributed by atoms with Crippen LogP contribution >= 0.6 is 0 Å². The first-order valence-electron chi connectivity index (χ1n) is 7.49. The Labute approximate surface area is 139 Å². The minimum absolute atomic E-state index is 0.0631. The summed E-state index contributed by atoms with van der Waals surface area (Å²) in [6.45, 7) is -0.904. The molecular formula is C16H18N2O5S. The summed E-state index contributed by atoms with van der Waals surface area (Å²) >= 11 is 0. The first-order valence-corrected chi connectivity index (χ1v) is 8.93. The lowest BCUT2D eigenvalue weighted by molar-refractivity contribution is 0.0999. The first kappa shape index (κ1) is 16.8. The van der Waals surface area contributed by atoms with Crippen molar-refractivity contribution in [2.45, 2.75) is 4.90 Å². The number of benzene rings is 2. The van der Waals surface area contributed by atoms with Crippen LogP contribution in [0.15, 0.2) is 35.2 Å². The Morgan fingerprint density at radius 2 is 1.75 bits per heavy atom. The molecule has 0 saturated heterocycles. The van der Waals surface area contributed by atoms with Crippen LogP contribution in [0, 0.1) is 0 Å². The Hall–Kier alpha value is -2.00. The normalized spacial score (nSPS) is 14.2.